The number of ether oxygens (including phenoxy) is 2. The highest BCUT2D eigenvalue weighted by Gasteiger charge is 2.30. The number of alkyl halides is 3. The topological polar surface area (TPSA) is 71.0 Å². The molecule has 3 rings (SSSR count). The minimum atomic E-state index is -4.38. The first-order chi connectivity index (χ1) is 16.7. The lowest BCUT2D eigenvalue weighted by Crippen LogP contribution is -2.27. The molecule has 1 unspecified atom stereocenters. The largest absolute Gasteiger partial charge is 0.508 e. The van der Waals surface area contributed by atoms with Crippen LogP contribution in [-0.4, -0.2) is 55.9 Å². The molecule has 6 nitrogen and oxygen atoms in total. The molecule has 2 N–H and O–H groups in total. The average molecular weight is 497 g/mol. The van der Waals surface area contributed by atoms with Gasteiger partial charge in [0.25, 0.3) is 0 Å². The number of methoxy groups -OCH3 is 1. The maximum absolute atomic E-state index is 12.0. The lowest BCUT2D eigenvalue weighted by atomic mass is 10.1. The Morgan fingerprint density at radius 3 is 2.37 bits per heavy atom. The monoisotopic (exact) mass is 496 g/mol. The molecule has 2 aromatic carbocycles. The van der Waals surface area contributed by atoms with Crippen LogP contribution in [0.3, 0.4) is 0 Å². The first kappa shape index (κ1) is 28.5. The van der Waals surface area contributed by atoms with Crippen molar-refractivity contribution in [3.8, 4) is 11.5 Å². The molecule has 0 bridgehead atoms. The summed E-state index contributed by atoms with van der Waals surface area (Å²) in [5.41, 5.74) is 0.239. The second-order valence-corrected chi connectivity index (χ2v) is 8.38. The van der Waals surface area contributed by atoms with Gasteiger partial charge in [0.05, 0.1) is 25.3 Å². The number of nitrogens with zero attached hydrogens (tertiary/aromatic N) is 1. The van der Waals surface area contributed by atoms with Gasteiger partial charge in [0, 0.05) is 19.6 Å². The van der Waals surface area contributed by atoms with Crippen molar-refractivity contribution in [3.05, 3.63) is 59.7 Å². The second kappa shape index (κ2) is 14.6. The fourth-order valence-corrected chi connectivity index (χ4v) is 3.61. The van der Waals surface area contributed by atoms with Gasteiger partial charge in [-0.15, -0.1) is 0 Å². The van der Waals surface area contributed by atoms with E-state index in [2.05, 4.69) is 10.2 Å². The van der Waals surface area contributed by atoms with E-state index < -0.39 is 11.7 Å². The van der Waals surface area contributed by atoms with Gasteiger partial charge in [-0.3, -0.25) is 4.79 Å². The van der Waals surface area contributed by atoms with E-state index in [1.54, 1.807) is 7.11 Å². The summed E-state index contributed by atoms with van der Waals surface area (Å²) in [5.74, 6) is 0.518. The van der Waals surface area contributed by atoms with Crippen molar-refractivity contribution in [2.75, 3.05) is 40.0 Å². The second-order valence-electron chi connectivity index (χ2n) is 8.38. The third-order valence-corrected chi connectivity index (χ3v) is 5.61. The molecule has 1 aliphatic rings. The Hall–Kier alpha value is -2.78. The normalized spacial score (nSPS) is 14.7. The Labute approximate surface area is 205 Å². The molecular formula is C26H35F3N2O4. The van der Waals surface area contributed by atoms with Gasteiger partial charge in [-0.05, 0) is 75.2 Å². The zero-order chi connectivity index (χ0) is 25.7. The number of carbonyl (C=O) groups excluding carboxylic acids is 1. The van der Waals surface area contributed by atoms with Crippen molar-refractivity contribution >= 4 is 5.91 Å². The number of phenols is 1. The number of benzene rings is 2. The lowest BCUT2D eigenvalue weighted by Gasteiger charge is -2.15. The maximum atomic E-state index is 12.0. The van der Waals surface area contributed by atoms with Crippen LogP contribution in [0.4, 0.5) is 13.2 Å². The van der Waals surface area contributed by atoms with E-state index in [-0.39, 0.29) is 17.7 Å². The van der Waals surface area contributed by atoms with Gasteiger partial charge in [0.2, 0.25) is 5.91 Å². The molecule has 1 amide bonds. The number of aromatic hydroxyl groups is 1. The first-order valence-corrected chi connectivity index (χ1v) is 11.8. The van der Waals surface area contributed by atoms with E-state index in [1.165, 1.54) is 32.0 Å². The summed E-state index contributed by atoms with van der Waals surface area (Å²) in [6, 6.07) is 11.7. The van der Waals surface area contributed by atoms with Crippen molar-refractivity contribution in [3.63, 3.8) is 0 Å². The standard InChI is InChI=1S/C19H30N2O3.C7H5F3O/c1-16(17-7-9-18(23-2)10-8-17)20-19(22)6-5-14-24-15-13-21-11-3-4-12-21;8-7(9,10)5-2-1-3-6(11)4-5/h7-10,16H,3-6,11-15H2,1-2H3,(H,20,22);1-4,11H. The minimum Gasteiger partial charge on any atom is -0.508 e. The molecule has 194 valence electrons. The minimum absolute atomic E-state index is 0.000471. The van der Waals surface area contributed by atoms with Gasteiger partial charge in [-0.2, -0.15) is 13.2 Å². The molecular weight excluding hydrogens is 461 g/mol. The highest BCUT2D eigenvalue weighted by atomic mass is 19.4. The van der Waals surface area contributed by atoms with E-state index in [4.69, 9.17) is 14.6 Å². The van der Waals surface area contributed by atoms with E-state index >= 15 is 0 Å². The summed E-state index contributed by atoms with van der Waals surface area (Å²) >= 11 is 0. The number of hydrogen-bond donors (Lipinski definition) is 2. The van der Waals surface area contributed by atoms with Crippen LogP contribution in [0.5, 0.6) is 11.5 Å². The zero-order valence-electron chi connectivity index (χ0n) is 20.3. The molecule has 0 spiro atoms. The van der Waals surface area contributed by atoms with Crippen molar-refractivity contribution < 1.29 is 32.5 Å². The molecule has 1 heterocycles. The molecule has 2 aromatic rings. The Bertz CT molecular complexity index is 885. The Morgan fingerprint density at radius 1 is 1.11 bits per heavy atom. The van der Waals surface area contributed by atoms with Crippen molar-refractivity contribution in [1.82, 2.24) is 10.2 Å². The fourth-order valence-electron chi connectivity index (χ4n) is 3.61. The van der Waals surface area contributed by atoms with Crippen LogP contribution in [0.15, 0.2) is 48.5 Å². The third-order valence-electron chi connectivity index (χ3n) is 5.61. The van der Waals surface area contributed by atoms with Gasteiger partial charge >= 0.3 is 6.18 Å². The molecule has 0 radical (unpaired) electrons. The van der Waals surface area contributed by atoms with Gasteiger partial charge < -0.3 is 24.8 Å². The summed E-state index contributed by atoms with van der Waals surface area (Å²) in [6.45, 7) is 6.83. The summed E-state index contributed by atoms with van der Waals surface area (Å²) in [4.78, 5) is 14.4. The first-order valence-electron chi connectivity index (χ1n) is 11.8. The maximum Gasteiger partial charge on any atom is 0.416 e. The molecule has 9 heteroatoms. The van der Waals surface area contributed by atoms with Gasteiger partial charge in [0.15, 0.2) is 0 Å². The number of carbonyl (C=O) groups is 1. The molecule has 35 heavy (non-hydrogen) atoms. The van der Waals surface area contributed by atoms with Crippen molar-refractivity contribution in [1.29, 1.82) is 0 Å². The molecule has 1 saturated heterocycles. The molecule has 1 aliphatic heterocycles. The number of hydrogen-bond acceptors (Lipinski definition) is 5. The quantitative estimate of drug-likeness (QED) is 0.444. The molecule has 0 aliphatic carbocycles. The molecule has 1 atom stereocenters. The van der Waals surface area contributed by atoms with E-state index in [1.807, 2.05) is 31.2 Å². The predicted molar refractivity (Wildman–Crippen MR) is 128 cm³/mol. The van der Waals surface area contributed by atoms with E-state index in [0.717, 1.165) is 43.0 Å². The number of halogens is 3. The molecule has 0 saturated carbocycles. The number of amides is 1. The smallest absolute Gasteiger partial charge is 0.416 e. The summed E-state index contributed by atoms with van der Waals surface area (Å²) in [7, 11) is 1.65. The van der Waals surface area contributed by atoms with Crippen LogP contribution in [0, 0.1) is 0 Å². The van der Waals surface area contributed by atoms with E-state index in [0.29, 0.717) is 19.1 Å². The van der Waals surface area contributed by atoms with Gasteiger partial charge in [-0.1, -0.05) is 18.2 Å². The van der Waals surface area contributed by atoms with Crippen LogP contribution < -0.4 is 10.1 Å². The van der Waals surface area contributed by atoms with Crippen LogP contribution in [-0.2, 0) is 15.7 Å². The van der Waals surface area contributed by atoms with Crippen molar-refractivity contribution in [2.24, 2.45) is 0 Å². The third kappa shape index (κ3) is 11.0. The molecule has 0 aromatic heterocycles. The predicted octanol–water partition coefficient (Wildman–Crippen LogP) is 5.18. The Kier molecular flexibility index (Phi) is 11.9. The van der Waals surface area contributed by atoms with Crippen LogP contribution >= 0.6 is 0 Å². The number of nitrogens with one attached hydrogen (secondary N) is 1. The lowest BCUT2D eigenvalue weighted by molar-refractivity contribution is -0.137. The van der Waals surface area contributed by atoms with Crippen LogP contribution in [0.1, 0.15) is 49.8 Å². The van der Waals surface area contributed by atoms with Gasteiger partial charge in [0.1, 0.15) is 11.5 Å². The summed E-state index contributed by atoms with van der Waals surface area (Å²) in [6.07, 6.45) is -0.483. The summed E-state index contributed by atoms with van der Waals surface area (Å²) in [5, 5.41) is 11.7. The number of phenolic OH excluding ortho intramolecular Hbond substituents is 1. The zero-order valence-corrected chi connectivity index (χ0v) is 20.3. The number of likely N-dealkylation sites (tertiary alicyclic amines) is 1. The average Bonchev–Trinajstić information content (AvgIpc) is 3.35. The van der Waals surface area contributed by atoms with E-state index in [9.17, 15) is 18.0 Å². The Balaban J connectivity index is 0.000000328. The number of rotatable bonds is 10. The fraction of sp³-hybridized carbons (Fsp3) is 0.500. The highest BCUT2D eigenvalue weighted by Crippen LogP contribution is 2.30. The SMILES string of the molecule is COc1ccc(C(C)NC(=O)CCCOCCN2CCCC2)cc1.Oc1cccc(C(F)(F)F)c1. The summed E-state index contributed by atoms with van der Waals surface area (Å²) < 4.78 is 46.3. The van der Waals surface area contributed by atoms with Crippen LogP contribution in [0.2, 0.25) is 0 Å². The molecule has 1 fully saturated rings. The highest BCUT2D eigenvalue weighted by molar-refractivity contribution is 5.76. The Morgan fingerprint density at radius 2 is 1.80 bits per heavy atom. The van der Waals surface area contributed by atoms with Crippen LogP contribution in [0.25, 0.3) is 0 Å². The van der Waals surface area contributed by atoms with Gasteiger partial charge in [-0.25, -0.2) is 0 Å². The van der Waals surface area contributed by atoms with Crippen molar-refractivity contribution in [2.45, 2.75) is 44.8 Å².